The van der Waals surface area contributed by atoms with Crippen LogP contribution >= 0.6 is 15.9 Å². The SMILES string of the molecule is CC[C@@H](O)[C@@H](N)c1cc(Br)cc(C(F)(F)F)c1. The summed E-state index contributed by atoms with van der Waals surface area (Å²) in [5.74, 6) is 0. The number of nitrogens with two attached hydrogens (primary N) is 1. The predicted molar refractivity (Wildman–Crippen MR) is 62.4 cm³/mol. The molecule has 0 saturated carbocycles. The molecule has 0 bridgehead atoms. The molecule has 0 fully saturated rings. The van der Waals surface area contributed by atoms with E-state index in [1.807, 2.05) is 0 Å². The van der Waals surface area contributed by atoms with Crippen molar-refractivity contribution in [3.8, 4) is 0 Å². The van der Waals surface area contributed by atoms with Crippen molar-refractivity contribution < 1.29 is 18.3 Å². The van der Waals surface area contributed by atoms with E-state index in [2.05, 4.69) is 15.9 Å². The molecule has 2 nitrogen and oxygen atoms in total. The van der Waals surface area contributed by atoms with Gasteiger partial charge in [0, 0.05) is 4.47 Å². The number of benzene rings is 1. The maximum atomic E-state index is 12.6. The maximum absolute atomic E-state index is 12.6. The average Bonchev–Trinajstić information content (AvgIpc) is 2.25. The van der Waals surface area contributed by atoms with E-state index in [1.54, 1.807) is 6.92 Å². The molecule has 0 aromatic heterocycles. The quantitative estimate of drug-likeness (QED) is 0.900. The number of aliphatic hydroxyl groups excluding tert-OH is 1. The Morgan fingerprint density at radius 1 is 1.35 bits per heavy atom. The Kier molecular flexibility index (Phi) is 4.57. The summed E-state index contributed by atoms with van der Waals surface area (Å²) in [5, 5.41) is 9.54. The van der Waals surface area contributed by atoms with Gasteiger partial charge < -0.3 is 10.8 Å². The Morgan fingerprint density at radius 2 is 1.94 bits per heavy atom. The topological polar surface area (TPSA) is 46.2 Å². The highest BCUT2D eigenvalue weighted by atomic mass is 79.9. The molecule has 0 aliphatic heterocycles. The minimum Gasteiger partial charge on any atom is -0.391 e. The second kappa shape index (κ2) is 5.37. The summed E-state index contributed by atoms with van der Waals surface area (Å²) in [6, 6.07) is 2.61. The van der Waals surface area contributed by atoms with Gasteiger partial charge >= 0.3 is 6.18 Å². The highest BCUT2D eigenvalue weighted by Crippen LogP contribution is 2.33. The summed E-state index contributed by atoms with van der Waals surface area (Å²) >= 11 is 3.01. The molecule has 6 heteroatoms. The lowest BCUT2D eigenvalue weighted by molar-refractivity contribution is -0.137. The van der Waals surface area contributed by atoms with Crippen molar-refractivity contribution in [1.29, 1.82) is 0 Å². The molecular formula is C11H13BrF3NO. The Hall–Kier alpha value is -0.590. The summed E-state index contributed by atoms with van der Waals surface area (Å²) in [5.41, 5.74) is 5.18. The van der Waals surface area contributed by atoms with Crippen LogP contribution in [0.2, 0.25) is 0 Å². The standard InChI is InChI=1S/C11H13BrF3NO/c1-2-9(17)10(16)6-3-7(11(13,14)15)5-8(12)4-6/h3-5,9-10,17H,2,16H2,1H3/t9-,10+/m1/s1. The highest BCUT2D eigenvalue weighted by Gasteiger charge is 2.31. The van der Waals surface area contributed by atoms with Crippen LogP contribution in [0.4, 0.5) is 13.2 Å². The minimum absolute atomic E-state index is 0.265. The molecule has 1 aromatic rings. The summed E-state index contributed by atoms with van der Waals surface area (Å²) in [4.78, 5) is 0. The molecule has 1 rings (SSSR count). The zero-order chi connectivity index (χ0) is 13.2. The van der Waals surface area contributed by atoms with E-state index in [1.165, 1.54) is 6.07 Å². The Bertz CT molecular complexity index is 395. The van der Waals surface area contributed by atoms with Gasteiger partial charge in [0.1, 0.15) is 0 Å². The number of hydrogen-bond acceptors (Lipinski definition) is 2. The van der Waals surface area contributed by atoms with Gasteiger partial charge in [-0.15, -0.1) is 0 Å². The van der Waals surface area contributed by atoms with Crippen LogP contribution in [0.5, 0.6) is 0 Å². The van der Waals surface area contributed by atoms with Gasteiger partial charge in [-0.2, -0.15) is 13.2 Å². The number of alkyl halides is 3. The van der Waals surface area contributed by atoms with E-state index in [0.29, 0.717) is 10.9 Å². The van der Waals surface area contributed by atoms with Crippen LogP contribution in [0, 0.1) is 0 Å². The highest BCUT2D eigenvalue weighted by molar-refractivity contribution is 9.10. The second-order valence-corrected chi connectivity index (χ2v) is 4.69. The van der Waals surface area contributed by atoms with E-state index >= 15 is 0 Å². The number of hydrogen-bond donors (Lipinski definition) is 2. The first kappa shape index (κ1) is 14.5. The van der Waals surface area contributed by atoms with E-state index < -0.39 is 23.9 Å². The third-order valence-corrected chi connectivity index (χ3v) is 2.92. The van der Waals surface area contributed by atoms with Gasteiger partial charge in [0.05, 0.1) is 17.7 Å². The van der Waals surface area contributed by atoms with E-state index in [4.69, 9.17) is 5.73 Å². The Labute approximate surface area is 106 Å². The molecule has 0 unspecified atom stereocenters. The molecular weight excluding hydrogens is 299 g/mol. The van der Waals surface area contributed by atoms with Crippen molar-refractivity contribution in [3.05, 3.63) is 33.8 Å². The van der Waals surface area contributed by atoms with E-state index in [0.717, 1.165) is 12.1 Å². The van der Waals surface area contributed by atoms with Crippen LogP contribution in [-0.4, -0.2) is 11.2 Å². The molecule has 3 N–H and O–H groups in total. The molecule has 0 aliphatic carbocycles. The molecule has 17 heavy (non-hydrogen) atoms. The molecule has 0 heterocycles. The van der Waals surface area contributed by atoms with E-state index in [9.17, 15) is 18.3 Å². The van der Waals surface area contributed by atoms with Crippen LogP contribution in [-0.2, 0) is 6.18 Å². The molecule has 0 amide bonds. The van der Waals surface area contributed by atoms with Gasteiger partial charge in [-0.1, -0.05) is 22.9 Å². The van der Waals surface area contributed by atoms with Gasteiger partial charge in [0.2, 0.25) is 0 Å². The third kappa shape index (κ3) is 3.69. The summed E-state index contributed by atoms with van der Waals surface area (Å²) in [7, 11) is 0. The fraction of sp³-hybridized carbons (Fsp3) is 0.455. The second-order valence-electron chi connectivity index (χ2n) is 3.77. The largest absolute Gasteiger partial charge is 0.416 e. The lowest BCUT2D eigenvalue weighted by atomic mass is 9.99. The van der Waals surface area contributed by atoms with Crippen molar-refractivity contribution in [3.63, 3.8) is 0 Å². The van der Waals surface area contributed by atoms with Gasteiger partial charge in [0.15, 0.2) is 0 Å². The van der Waals surface area contributed by atoms with Crippen LogP contribution < -0.4 is 5.73 Å². The first-order valence-corrected chi connectivity index (χ1v) is 5.86. The van der Waals surface area contributed by atoms with Crippen LogP contribution in [0.15, 0.2) is 22.7 Å². The van der Waals surface area contributed by atoms with Gasteiger partial charge in [-0.25, -0.2) is 0 Å². The zero-order valence-electron chi connectivity index (χ0n) is 9.13. The number of halogens is 4. The molecule has 0 aliphatic rings. The molecule has 0 saturated heterocycles. The first-order valence-electron chi connectivity index (χ1n) is 5.07. The van der Waals surface area contributed by atoms with Crippen LogP contribution in [0.25, 0.3) is 0 Å². The van der Waals surface area contributed by atoms with Gasteiger partial charge in [0.25, 0.3) is 0 Å². The molecule has 1 aromatic carbocycles. The molecule has 0 radical (unpaired) electrons. The lowest BCUT2D eigenvalue weighted by Crippen LogP contribution is -2.25. The van der Waals surface area contributed by atoms with Gasteiger partial charge in [-0.3, -0.25) is 0 Å². The smallest absolute Gasteiger partial charge is 0.391 e. The summed E-state index contributed by atoms with van der Waals surface area (Å²) in [6.45, 7) is 1.72. The molecule has 0 spiro atoms. The molecule has 2 atom stereocenters. The summed E-state index contributed by atoms with van der Waals surface area (Å²) < 4.78 is 38.0. The Balaban J connectivity index is 3.14. The monoisotopic (exact) mass is 311 g/mol. The first-order chi connectivity index (χ1) is 7.75. The molecule has 96 valence electrons. The lowest BCUT2D eigenvalue weighted by Gasteiger charge is -2.19. The average molecular weight is 312 g/mol. The minimum atomic E-state index is -4.42. The van der Waals surface area contributed by atoms with Crippen molar-refractivity contribution in [2.75, 3.05) is 0 Å². The van der Waals surface area contributed by atoms with Crippen molar-refractivity contribution in [2.24, 2.45) is 5.73 Å². The fourth-order valence-electron chi connectivity index (χ4n) is 1.44. The predicted octanol–water partition coefficient (Wildman–Crippen LogP) is 3.24. The number of rotatable bonds is 3. The van der Waals surface area contributed by atoms with Crippen molar-refractivity contribution in [1.82, 2.24) is 0 Å². The summed E-state index contributed by atoms with van der Waals surface area (Å²) in [6.07, 6.45) is -4.89. The van der Waals surface area contributed by atoms with E-state index in [-0.39, 0.29) is 5.56 Å². The third-order valence-electron chi connectivity index (χ3n) is 2.47. The zero-order valence-corrected chi connectivity index (χ0v) is 10.7. The van der Waals surface area contributed by atoms with Crippen molar-refractivity contribution >= 4 is 15.9 Å². The van der Waals surface area contributed by atoms with Crippen molar-refractivity contribution in [2.45, 2.75) is 31.7 Å². The number of aliphatic hydroxyl groups is 1. The van der Waals surface area contributed by atoms with Gasteiger partial charge in [-0.05, 0) is 30.2 Å². The van der Waals surface area contributed by atoms with Crippen LogP contribution in [0.1, 0.15) is 30.5 Å². The maximum Gasteiger partial charge on any atom is 0.416 e. The normalized spacial score (nSPS) is 15.7. The van der Waals surface area contributed by atoms with Crippen LogP contribution in [0.3, 0.4) is 0 Å². The fourth-order valence-corrected chi connectivity index (χ4v) is 1.96. The Morgan fingerprint density at radius 3 is 2.41 bits per heavy atom.